The molecule has 1 aromatic carbocycles. The van der Waals surface area contributed by atoms with Gasteiger partial charge in [0.1, 0.15) is 6.04 Å². The third kappa shape index (κ3) is 2.45. The Morgan fingerprint density at radius 3 is 2.67 bits per heavy atom. The molecule has 1 aliphatic heterocycles. The van der Waals surface area contributed by atoms with Gasteiger partial charge >= 0.3 is 5.97 Å². The normalized spacial score (nSPS) is 23.4. The topological polar surface area (TPSA) is 64.3 Å². The molecule has 0 saturated carbocycles. The van der Waals surface area contributed by atoms with Crippen molar-refractivity contribution in [2.45, 2.75) is 25.8 Å². The van der Waals surface area contributed by atoms with Crippen molar-refractivity contribution >= 4 is 11.7 Å². The van der Waals surface area contributed by atoms with Crippen molar-refractivity contribution < 1.29 is 9.90 Å². The van der Waals surface area contributed by atoms with E-state index in [0.717, 1.165) is 18.7 Å². The number of hydrogen-bond donors (Lipinski definition) is 1. The third-order valence-corrected chi connectivity index (χ3v) is 3.48. The molecule has 0 amide bonds. The van der Waals surface area contributed by atoms with Crippen LogP contribution in [-0.2, 0) is 4.79 Å². The summed E-state index contributed by atoms with van der Waals surface area (Å²) in [5.74, 6) is -0.327. The second-order valence-electron chi connectivity index (χ2n) is 4.84. The number of aliphatic carboxylic acids is 1. The molecule has 0 aromatic heterocycles. The number of carboxylic acid groups (broad SMARTS) is 1. The molecule has 2 rings (SSSR count). The van der Waals surface area contributed by atoms with Crippen LogP contribution in [0.1, 0.15) is 25.3 Å². The summed E-state index contributed by atoms with van der Waals surface area (Å²) in [5, 5.41) is 18.1. The zero-order valence-corrected chi connectivity index (χ0v) is 10.3. The second kappa shape index (κ2) is 5.09. The van der Waals surface area contributed by atoms with Crippen LogP contribution in [0.15, 0.2) is 24.3 Å². The molecule has 0 aliphatic carbocycles. The first kappa shape index (κ1) is 12.4. The van der Waals surface area contributed by atoms with Crippen LogP contribution in [0.25, 0.3) is 0 Å². The molecular formula is C14H16N2O2. The van der Waals surface area contributed by atoms with Crippen molar-refractivity contribution in [3.05, 3.63) is 29.8 Å². The van der Waals surface area contributed by atoms with Crippen LogP contribution >= 0.6 is 0 Å². The fraction of sp³-hybridized carbons (Fsp3) is 0.429. The van der Waals surface area contributed by atoms with Gasteiger partial charge in [0.2, 0.25) is 0 Å². The second-order valence-corrected chi connectivity index (χ2v) is 4.84. The zero-order chi connectivity index (χ0) is 13.1. The van der Waals surface area contributed by atoms with Gasteiger partial charge in [0.05, 0.1) is 11.6 Å². The zero-order valence-electron chi connectivity index (χ0n) is 10.3. The number of rotatable bonds is 2. The van der Waals surface area contributed by atoms with Crippen molar-refractivity contribution in [1.29, 1.82) is 5.26 Å². The Balaban J connectivity index is 2.24. The van der Waals surface area contributed by atoms with Gasteiger partial charge in [-0.05, 0) is 43.0 Å². The van der Waals surface area contributed by atoms with Gasteiger partial charge in [-0.1, -0.05) is 6.92 Å². The number of piperidine rings is 1. The molecular weight excluding hydrogens is 228 g/mol. The summed E-state index contributed by atoms with van der Waals surface area (Å²) in [6, 6.07) is 8.71. The highest BCUT2D eigenvalue weighted by Crippen LogP contribution is 2.28. The van der Waals surface area contributed by atoms with Gasteiger partial charge in [-0.2, -0.15) is 5.26 Å². The van der Waals surface area contributed by atoms with Crippen LogP contribution in [0, 0.1) is 17.2 Å². The van der Waals surface area contributed by atoms with E-state index < -0.39 is 12.0 Å². The Bertz CT molecular complexity index is 476. The molecule has 4 nitrogen and oxygen atoms in total. The van der Waals surface area contributed by atoms with Crippen LogP contribution in [0.4, 0.5) is 5.69 Å². The van der Waals surface area contributed by atoms with Crippen LogP contribution in [-0.4, -0.2) is 23.7 Å². The van der Waals surface area contributed by atoms with E-state index in [1.165, 1.54) is 0 Å². The van der Waals surface area contributed by atoms with Gasteiger partial charge in [0, 0.05) is 12.2 Å². The number of nitrogens with zero attached hydrogens (tertiary/aromatic N) is 2. The molecule has 2 unspecified atom stereocenters. The Hall–Kier alpha value is -2.02. The number of anilines is 1. The fourth-order valence-corrected chi connectivity index (χ4v) is 2.41. The average Bonchev–Trinajstić information content (AvgIpc) is 2.39. The van der Waals surface area contributed by atoms with Crippen molar-refractivity contribution in [3.63, 3.8) is 0 Å². The van der Waals surface area contributed by atoms with Gasteiger partial charge in [0.15, 0.2) is 0 Å². The summed E-state index contributed by atoms with van der Waals surface area (Å²) in [6.45, 7) is 2.84. The lowest BCUT2D eigenvalue weighted by atomic mass is 9.92. The number of nitriles is 1. The number of carboxylic acids is 1. The van der Waals surface area contributed by atoms with Crippen molar-refractivity contribution in [1.82, 2.24) is 0 Å². The minimum absolute atomic E-state index is 0.445. The summed E-state index contributed by atoms with van der Waals surface area (Å²) >= 11 is 0. The molecule has 18 heavy (non-hydrogen) atoms. The first-order chi connectivity index (χ1) is 8.61. The molecule has 1 fully saturated rings. The minimum Gasteiger partial charge on any atom is -0.480 e. The third-order valence-electron chi connectivity index (χ3n) is 3.48. The van der Waals surface area contributed by atoms with E-state index in [2.05, 4.69) is 13.0 Å². The average molecular weight is 244 g/mol. The summed E-state index contributed by atoms with van der Waals surface area (Å²) < 4.78 is 0. The summed E-state index contributed by atoms with van der Waals surface area (Å²) in [4.78, 5) is 13.2. The monoisotopic (exact) mass is 244 g/mol. The Kier molecular flexibility index (Phi) is 3.52. The molecule has 1 saturated heterocycles. The van der Waals surface area contributed by atoms with Crippen LogP contribution in [0.3, 0.4) is 0 Å². The maximum atomic E-state index is 11.3. The Labute approximate surface area is 106 Å². The maximum absolute atomic E-state index is 11.3. The quantitative estimate of drug-likeness (QED) is 0.866. The van der Waals surface area contributed by atoms with E-state index in [4.69, 9.17) is 5.26 Å². The lowest BCUT2D eigenvalue weighted by molar-refractivity contribution is -0.139. The van der Waals surface area contributed by atoms with E-state index in [-0.39, 0.29) is 0 Å². The first-order valence-electron chi connectivity index (χ1n) is 6.11. The highest BCUT2D eigenvalue weighted by atomic mass is 16.4. The SMILES string of the molecule is CC1CCN(c2ccc(C#N)cc2)C(C(=O)O)C1. The standard InChI is InChI=1S/C14H16N2O2/c1-10-6-7-16(13(8-10)14(17)18)12-4-2-11(9-15)3-5-12/h2-5,10,13H,6-8H2,1H3,(H,17,18). The lowest BCUT2D eigenvalue weighted by Crippen LogP contribution is -2.46. The molecule has 0 bridgehead atoms. The summed E-state index contributed by atoms with van der Waals surface area (Å²) in [6.07, 6.45) is 1.68. The van der Waals surface area contributed by atoms with E-state index in [1.54, 1.807) is 12.1 Å². The molecule has 1 aromatic rings. The van der Waals surface area contributed by atoms with Crippen molar-refractivity contribution in [2.75, 3.05) is 11.4 Å². The highest BCUT2D eigenvalue weighted by Gasteiger charge is 2.31. The maximum Gasteiger partial charge on any atom is 0.326 e. The van der Waals surface area contributed by atoms with Gasteiger partial charge in [-0.15, -0.1) is 0 Å². The van der Waals surface area contributed by atoms with Crippen molar-refractivity contribution in [2.24, 2.45) is 5.92 Å². The molecule has 1 heterocycles. The van der Waals surface area contributed by atoms with E-state index in [0.29, 0.717) is 17.9 Å². The molecule has 94 valence electrons. The van der Waals surface area contributed by atoms with Gasteiger partial charge in [0.25, 0.3) is 0 Å². The predicted molar refractivity (Wildman–Crippen MR) is 68.3 cm³/mol. The first-order valence-corrected chi connectivity index (χ1v) is 6.11. The molecule has 1 N–H and O–H groups in total. The van der Waals surface area contributed by atoms with E-state index in [9.17, 15) is 9.90 Å². The largest absolute Gasteiger partial charge is 0.480 e. The molecule has 1 aliphatic rings. The Morgan fingerprint density at radius 2 is 2.11 bits per heavy atom. The molecule has 0 radical (unpaired) electrons. The van der Waals surface area contributed by atoms with Gasteiger partial charge in [-0.3, -0.25) is 0 Å². The van der Waals surface area contributed by atoms with E-state index >= 15 is 0 Å². The number of hydrogen-bond acceptors (Lipinski definition) is 3. The number of benzene rings is 1. The fourth-order valence-electron chi connectivity index (χ4n) is 2.41. The molecule has 2 atom stereocenters. The Morgan fingerprint density at radius 1 is 1.44 bits per heavy atom. The smallest absolute Gasteiger partial charge is 0.326 e. The van der Waals surface area contributed by atoms with Crippen LogP contribution < -0.4 is 4.90 Å². The number of carbonyl (C=O) groups is 1. The van der Waals surface area contributed by atoms with E-state index in [1.807, 2.05) is 17.0 Å². The van der Waals surface area contributed by atoms with Crippen molar-refractivity contribution in [3.8, 4) is 6.07 Å². The molecule has 0 spiro atoms. The van der Waals surface area contributed by atoms with Crippen LogP contribution in [0.2, 0.25) is 0 Å². The van der Waals surface area contributed by atoms with Gasteiger partial charge in [-0.25, -0.2) is 4.79 Å². The summed E-state index contributed by atoms with van der Waals surface area (Å²) in [7, 11) is 0. The highest BCUT2D eigenvalue weighted by molar-refractivity contribution is 5.78. The summed E-state index contributed by atoms with van der Waals surface area (Å²) in [5.41, 5.74) is 1.48. The predicted octanol–water partition coefficient (Wildman–Crippen LogP) is 2.25. The van der Waals surface area contributed by atoms with Gasteiger partial charge < -0.3 is 10.0 Å². The van der Waals surface area contributed by atoms with Crippen LogP contribution in [0.5, 0.6) is 0 Å². The minimum atomic E-state index is -0.772. The molecule has 4 heteroatoms. The lowest BCUT2D eigenvalue weighted by Gasteiger charge is -2.37.